The molecule has 0 amide bonds. The molecule has 1 saturated carbocycles. The van der Waals surface area contributed by atoms with Crippen LogP contribution in [0.5, 0.6) is 0 Å². The Labute approximate surface area is 76.2 Å². The maximum atomic E-state index is 4.36. The average molecular weight is 172 g/mol. The van der Waals surface area contributed by atoms with Crippen molar-refractivity contribution in [1.29, 1.82) is 0 Å². The third-order valence-corrected chi connectivity index (χ3v) is 3.57. The van der Waals surface area contributed by atoms with Crippen LogP contribution in [0.2, 0.25) is 0 Å². The second kappa shape index (κ2) is 5.08. The van der Waals surface area contributed by atoms with Crippen LogP contribution < -0.4 is 0 Å². The van der Waals surface area contributed by atoms with Crippen molar-refractivity contribution < 1.29 is 0 Å². The van der Waals surface area contributed by atoms with Gasteiger partial charge in [-0.05, 0) is 17.6 Å². The summed E-state index contributed by atoms with van der Waals surface area (Å²) in [6.45, 7) is 2.35. The van der Waals surface area contributed by atoms with Crippen LogP contribution >= 0.6 is 12.6 Å². The first-order valence-electron chi connectivity index (χ1n) is 4.95. The first-order chi connectivity index (χ1) is 5.34. The zero-order valence-corrected chi connectivity index (χ0v) is 8.45. The highest BCUT2D eigenvalue weighted by Crippen LogP contribution is 2.29. The largest absolute Gasteiger partial charge is 0.179 e. The van der Waals surface area contributed by atoms with Crippen molar-refractivity contribution in [1.82, 2.24) is 0 Å². The molecule has 0 N–H and O–H groups in total. The van der Waals surface area contributed by atoms with Gasteiger partial charge in [-0.15, -0.1) is 0 Å². The first kappa shape index (κ1) is 9.44. The van der Waals surface area contributed by atoms with Crippen LogP contribution in [0.15, 0.2) is 0 Å². The molecule has 0 nitrogen and oxygen atoms in total. The fourth-order valence-corrected chi connectivity index (χ4v) is 2.33. The van der Waals surface area contributed by atoms with E-state index in [1.54, 1.807) is 0 Å². The van der Waals surface area contributed by atoms with Gasteiger partial charge in [-0.1, -0.05) is 45.4 Å². The molecule has 1 atom stereocenters. The topological polar surface area (TPSA) is 0 Å². The average Bonchev–Trinajstić information content (AvgIpc) is 2.30. The molecular weight excluding hydrogens is 152 g/mol. The van der Waals surface area contributed by atoms with E-state index in [4.69, 9.17) is 0 Å². The molecule has 0 aliphatic heterocycles. The van der Waals surface area contributed by atoms with Crippen LogP contribution in [0.1, 0.15) is 45.4 Å². The van der Waals surface area contributed by atoms with E-state index in [0.29, 0.717) is 0 Å². The Morgan fingerprint density at radius 2 is 1.73 bits per heavy atom. The van der Waals surface area contributed by atoms with Crippen LogP contribution in [0.4, 0.5) is 0 Å². The minimum Gasteiger partial charge on any atom is -0.179 e. The molecule has 0 bridgehead atoms. The summed E-state index contributed by atoms with van der Waals surface area (Å²) in [6, 6.07) is 0. The molecule has 1 rings (SSSR count). The molecule has 0 aromatic heterocycles. The quantitative estimate of drug-likeness (QED) is 0.478. The predicted octanol–water partition coefficient (Wildman–Crippen LogP) is 3.52. The zero-order chi connectivity index (χ0) is 8.10. The SMILES string of the molecule is CC(CS)C1CCCCCC1. The maximum Gasteiger partial charge on any atom is -0.00695 e. The Morgan fingerprint density at radius 1 is 1.18 bits per heavy atom. The summed E-state index contributed by atoms with van der Waals surface area (Å²) in [5.41, 5.74) is 0. The molecule has 0 heterocycles. The summed E-state index contributed by atoms with van der Waals surface area (Å²) in [6.07, 6.45) is 8.78. The molecule has 1 fully saturated rings. The van der Waals surface area contributed by atoms with Crippen LogP contribution in [-0.4, -0.2) is 5.75 Å². The Hall–Kier alpha value is 0.350. The van der Waals surface area contributed by atoms with Crippen molar-refractivity contribution in [3.63, 3.8) is 0 Å². The van der Waals surface area contributed by atoms with Crippen molar-refractivity contribution in [2.45, 2.75) is 45.4 Å². The standard InChI is InChI=1S/C10H20S/c1-9(8-11)10-6-4-2-3-5-7-10/h9-11H,2-8H2,1H3. The van der Waals surface area contributed by atoms with Crippen molar-refractivity contribution >= 4 is 12.6 Å². The maximum absolute atomic E-state index is 4.36. The molecule has 0 saturated heterocycles. The highest BCUT2D eigenvalue weighted by atomic mass is 32.1. The summed E-state index contributed by atoms with van der Waals surface area (Å²) >= 11 is 4.36. The highest BCUT2D eigenvalue weighted by Gasteiger charge is 2.17. The third-order valence-electron chi connectivity index (χ3n) is 2.99. The summed E-state index contributed by atoms with van der Waals surface area (Å²) < 4.78 is 0. The summed E-state index contributed by atoms with van der Waals surface area (Å²) in [5.74, 6) is 2.90. The van der Waals surface area contributed by atoms with Crippen LogP contribution in [0, 0.1) is 11.8 Å². The molecule has 0 radical (unpaired) electrons. The normalized spacial score (nSPS) is 24.5. The highest BCUT2D eigenvalue weighted by molar-refractivity contribution is 7.80. The van der Waals surface area contributed by atoms with Gasteiger partial charge in [0, 0.05) is 0 Å². The first-order valence-corrected chi connectivity index (χ1v) is 5.58. The minimum absolute atomic E-state index is 0.844. The van der Waals surface area contributed by atoms with E-state index in [2.05, 4.69) is 19.6 Å². The Morgan fingerprint density at radius 3 is 2.18 bits per heavy atom. The van der Waals surface area contributed by atoms with Crippen molar-refractivity contribution in [3.05, 3.63) is 0 Å². The van der Waals surface area contributed by atoms with E-state index in [9.17, 15) is 0 Å². The van der Waals surface area contributed by atoms with Crippen molar-refractivity contribution in [3.8, 4) is 0 Å². The predicted molar refractivity (Wildman–Crippen MR) is 54.2 cm³/mol. The van der Waals surface area contributed by atoms with E-state index in [1.165, 1.54) is 38.5 Å². The molecule has 0 aromatic carbocycles. The lowest BCUT2D eigenvalue weighted by Crippen LogP contribution is -2.11. The van der Waals surface area contributed by atoms with Crippen LogP contribution in [0.25, 0.3) is 0 Å². The van der Waals surface area contributed by atoms with E-state index >= 15 is 0 Å². The smallest absolute Gasteiger partial charge is 0.00695 e. The van der Waals surface area contributed by atoms with Gasteiger partial charge in [0.2, 0.25) is 0 Å². The second-order valence-corrected chi connectivity index (χ2v) is 4.28. The van der Waals surface area contributed by atoms with Crippen LogP contribution in [-0.2, 0) is 0 Å². The van der Waals surface area contributed by atoms with Crippen molar-refractivity contribution in [2.75, 3.05) is 5.75 Å². The number of hydrogen-bond acceptors (Lipinski definition) is 1. The monoisotopic (exact) mass is 172 g/mol. The number of thiol groups is 1. The van der Waals surface area contributed by atoms with E-state index in [-0.39, 0.29) is 0 Å². The van der Waals surface area contributed by atoms with Gasteiger partial charge in [0.05, 0.1) is 0 Å². The van der Waals surface area contributed by atoms with Gasteiger partial charge in [0.1, 0.15) is 0 Å². The number of hydrogen-bond donors (Lipinski definition) is 1. The second-order valence-electron chi connectivity index (χ2n) is 3.91. The summed E-state index contributed by atoms with van der Waals surface area (Å²) in [7, 11) is 0. The Bertz CT molecular complexity index is 93.0. The van der Waals surface area contributed by atoms with Gasteiger partial charge in [-0.25, -0.2) is 0 Å². The third kappa shape index (κ3) is 3.06. The van der Waals surface area contributed by atoms with Gasteiger partial charge < -0.3 is 0 Å². The molecule has 11 heavy (non-hydrogen) atoms. The fraction of sp³-hybridized carbons (Fsp3) is 1.00. The van der Waals surface area contributed by atoms with Gasteiger partial charge in [0.25, 0.3) is 0 Å². The van der Waals surface area contributed by atoms with E-state index < -0.39 is 0 Å². The zero-order valence-electron chi connectivity index (χ0n) is 7.55. The molecular formula is C10H20S. The molecule has 66 valence electrons. The summed E-state index contributed by atoms with van der Waals surface area (Å²) in [5, 5.41) is 0. The van der Waals surface area contributed by atoms with Gasteiger partial charge in [-0.2, -0.15) is 12.6 Å². The molecule has 1 heteroatoms. The Kier molecular flexibility index (Phi) is 4.36. The van der Waals surface area contributed by atoms with Gasteiger partial charge >= 0.3 is 0 Å². The minimum atomic E-state index is 0.844. The van der Waals surface area contributed by atoms with Gasteiger partial charge in [-0.3, -0.25) is 0 Å². The van der Waals surface area contributed by atoms with Gasteiger partial charge in [0.15, 0.2) is 0 Å². The lowest BCUT2D eigenvalue weighted by atomic mass is 9.89. The molecule has 1 aliphatic rings. The Balaban J connectivity index is 2.30. The van der Waals surface area contributed by atoms with E-state index in [0.717, 1.165) is 17.6 Å². The van der Waals surface area contributed by atoms with E-state index in [1.807, 2.05) is 0 Å². The molecule has 0 spiro atoms. The lowest BCUT2D eigenvalue weighted by molar-refractivity contribution is 0.348. The fourth-order valence-electron chi connectivity index (χ4n) is 2.03. The van der Waals surface area contributed by atoms with Crippen molar-refractivity contribution in [2.24, 2.45) is 11.8 Å². The summed E-state index contributed by atoms with van der Waals surface area (Å²) in [4.78, 5) is 0. The van der Waals surface area contributed by atoms with Crippen LogP contribution in [0.3, 0.4) is 0 Å². The molecule has 1 aliphatic carbocycles. The number of rotatable bonds is 2. The molecule has 1 unspecified atom stereocenters. The molecule has 0 aromatic rings. The lowest BCUT2D eigenvalue weighted by Gasteiger charge is -2.19.